The molecule has 0 saturated carbocycles. The molecule has 0 aromatic heterocycles. The molecule has 0 nitrogen and oxygen atoms in total. The smallest absolute Gasteiger partial charge is 0.0351 e. The molecule has 0 heterocycles. The number of allylic oxidation sites excluding steroid dienone is 2. The molecular weight excluding hydrogens is 240 g/mol. The largest absolute Gasteiger partial charge is 0.0885 e. The van der Waals surface area contributed by atoms with Crippen molar-refractivity contribution in [2.45, 2.75) is 117 Å². The summed E-state index contributed by atoms with van der Waals surface area (Å²) < 4.78 is 0. The summed E-state index contributed by atoms with van der Waals surface area (Å²) >= 11 is 0. The molecule has 0 aromatic rings. The predicted molar refractivity (Wildman–Crippen MR) is 94.4 cm³/mol. The van der Waals surface area contributed by atoms with Gasteiger partial charge in [0, 0.05) is 0 Å². The van der Waals surface area contributed by atoms with Crippen molar-refractivity contribution in [3.63, 3.8) is 0 Å². The highest BCUT2D eigenvalue weighted by molar-refractivity contribution is 4.81. The van der Waals surface area contributed by atoms with Gasteiger partial charge in [0.1, 0.15) is 0 Å². The molecule has 120 valence electrons. The summed E-state index contributed by atoms with van der Waals surface area (Å²) in [7, 11) is 0. The first-order valence-electron chi connectivity index (χ1n) is 9.56. The van der Waals surface area contributed by atoms with Gasteiger partial charge in [-0.25, -0.2) is 0 Å². The molecule has 0 heteroatoms. The first-order chi connectivity index (χ1) is 9.91. The zero-order valence-electron chi connectivity index (χ0n) is 14.5. The second-order valence-corrected chi connectivity index (χ2v) is 6.29. The molecule has 0 aliphatic rings. The van der Waals surface area contributed by atoms with Crippen LogP contribution in [0.5, 0.6) is 0 Å². The van der Waals surface area contributed by atoms with Crippen LogP contribution in [0, 0.1) is 0 Å². The van der Waals surface area contributed by atoms with Crippen molar-refractivity contribution in [2.75, 3.05) is 0 Å². The molecule has 0 atom stereocenters. The van der Waals surface area contributed by atoms with Crippen molar-refractivity contribution in [1.82, 2.24) is 0 Å². The van der Waals surface area contributed by atoms with Crippen LogP contribution in [0.1, 0.15) is 117 Å². The SMILES string of the molecule is CCCCCCCCC/C=C\CCCCCCCCC. The van der Waals surface area contributed by atoms with Gasteiger partial charge in [-0.05, 0) is 25.7 Å². The lowest BCUT2D eigenvalue weighted by Crippen LogP contribution is -1.80. The van der Waals surface area contributed by atoms with E-state index in [-0.39, 0.29) is 0 Å². The van der Waals surface area contributed by atoms with Crippen LogP contribution in [0.25, 0.3) is 0 Å². The second kappa shape index (κ2) is 18.7. The van der Waals surface area contributed by atoms with E-state index in [1.807, 2.05) is 0 Å². The Morgan fingerprint density at radius 2 is 0.700 bits per heavy atom. The highest BCUT2D eigenvalue weighted by Crippen LogP contribution is 2.10. The van der Waals surface area contributed by atoms with Gasteiger partial charge in [0.05, 0.1) is 0 Å². The van der Waals surface area contributed by atoms with Crippen LogP contribution >= 0.6 is 0 Å². The minimum absolute atomic E-state index is 1.31. The Morgan fingerprint density at radius 3 is 1.05 bits per heavy atom. The first kappa shape index (κ1) is 19.7. The Morgan fingerprint density at radius 1 is 0.400 bits per heavy atom. The predicted octanol–water partition coefficient (Wildman–Crippen LogP) is 7.82. The van der Waals surface area contributed by atoms with Gasteiger partial charge in [-0.1, -0.05) is 103 Å². The van der Waals surface area contributed by atoms with Gasteiger partial charge in [-0.15, -0.1) is 0 Å². The fourth-order valence-electron chi connectivity index (χ4n) is 2.67. The van der Waals surface area contributed by atoms with E-state index in [1.165, 1.54) is 103 Å². The average Bonchev–Trinajstić information content (AvgIpc) is 2.47. The van der Waals surface area contributed by atoms with E-state index in [0.29, 0.717) is 0 Å². The summed E-state index contributed by atoms with van der Waals surface area (Å²) in [5, 5.41) is 0. The zero-order chi connectivity index (χ0) is 14.7. The highest BCUT2D eigenvalue weighted by Gasteiger charge is 1.90. The molecule has 20 heavy (non-hydrogen) atoms. The maximum atomic E-state index is 2.42. The fraction of sp³-hybridized carbons (Fsp3) is 0.900. The molecule has 0 rings (SSSR count). The Kier molecular flexibility index (Phi) is 18.5. The number of unbranched alkanes of at least 4 members (excludes halogenated alkanes) is 14. The standard InChI is InChI=1S/C20H40/c1-3-5-7-9-11-13-15-17-19-20-18-16-14-12-10-8-6-4-2/h19-20H,3-18H2,1-2H3/b20-19-. The molecule has 0 spiro atoms. The molecule has 0 radical (unpaired) electrons. The normalized spacial score (nSPS) is 11.5. The van der Waals surface area contributed by atoms with Crippen molar-refractivity contribution in [3.05, 3.63) is 12.2 Å². The van der Waals surface area contributed by atoms with E-state index in [0.717, 1.165) is 0 Å². The number of rotatable bonds is 16. The van der Waals surface area contributed by atoms with E-state index < -0.39 is 0 Å². The van der Waals surface area contributed by atoms with Gasteiger partial charge in [0.25, 0.3) is 0 Å². The maximum absolute atomic E-state index is 2.42. The van der Waals surface area contributed by atoms with Crippen LogP contribution in [0.3, 0.4) is 0 Å². The third kappa shape index (κ3) is 17.7. The summed E-state index contributed by atoms with van der Waals surface area (Å²) in [5.41, 5.74) is 0. The Bertz CT molecular complexity index is 160. The van der Waals surface area contributed by atoms with Gasteiger partial charge < -0.3 is 0 Å². The number of hydrogen-bond acceptors (Lipinski definition) is 0. The topological polar surface area (TPSA) is 0 Å². The second-order valence-electron chi connectivity index (χ2n) is 6.29. The average molecular weight is 281 g/mol. The monoisotopic (exact) mass is 280 g/mol. The Hall–Kier alpha value is -0.260. The summed E-state index contributed by atoms with van der Waals surface area (Å²) in [6, 6.07) is 0. The lowest BCUT2D eigenvalue weighted by molar-refractivity contribution is 0.588. The molecule has 0 N–H and O–H groups in total. The first-order valence-corrected chi connectivity index (χ1v) is 9.56. The fourth-order valence-corrected chi connectivity index (χ4v) is 2.67. The van der Waals surface area contributed by atoms with Crippen LogP contribution in [-0.2, 0) is 0 Å². The third-order valence-electron chi connectivity index (χ3n) is 4.12. The molecule has 0 unspecified atom stereocenters. The van der Waals surface area contributed by atoms with Crippen molar-refractivity contribution in [2.24, 2.45) is 0 Å². The lowest BCUT2D eigenvalue weighted by Gasteiger charge is -1.99. The van der Waals surface area contributed by atoms with Crippen molar-refractivity contribution in [3.8, 4) is 0 Å². The molecule has 0 aromatic carbocycles. The van der Waals surface area contributed by atoms with Gasteiger partial charge in [-0.3, -0.25) is 0 Å². The van der Waals surface area contributed by atoms with E-state index in [2.05, 4.69) is 26.0 Å². The summed E-state index contributed by atoms with van der Waals surface area (Å²) in [4.78, 5) is 0. The van der Waals surface area contributed by atoms with Gasteiger partial charge in [0.15, 0.2) is 0 Å². The third-order valence-corrected chi connectivity index (χ3v) is 4.12. The van der Waals surface area contributed by atoms with Crippen LogP contribution < -0.4 is 0 Å². The van der Waals surface area contributed by atoms with Crippen molar-refractivity contribution in [1.29, 1.82) is 0 Å². The van der Waals surface area contributed by atoms with Crippen molar-refractivity contribution < 1.29 is 0 Å². The molecule has 0 fully saturated rings. The molecule has 0 amide bonds. The molecule has 0 aliphatic carbocycles. The minimum atomic E-state index is 1.31. The lowest BCUT2D eigenvalue weighted by atomic mass is 10.1. The highest BCUT2D eigenvalue weighted by atomic mass is 14.0. The van der Waals surface area contributed by atoms with Gasteiger partial charge in [-0.2, -0.15) is 0 Å². The Balaban J connectivity index is 3.01. The Labute approximate surface area is 129 Å². The summed E-state index contributed by atoms with van der Waals surface area (Å²) in [6.07, 6.45) is 27.4. The van der Waals surface area contributed by atoms with Crippen LogP contribution in [0.2, 0.25) is 0 Å². The van der Waals surface area contributed by atoms with Crippen LogP contribution in [0.4, 0.5) is 0 Å². The van der Waals surface area contributed by atoms with Gasteiger partial charge >= 0.3 is 0 Å². The minimum Gasteiger partial charge on any atom is -0.0885 e. The van der Waals surface area contributed by atoms with Crippen LogP contribution in [0.15, 0.2) is 12.2 Å². The van der Waals surface area contributed by atoms with Crippen molar-refractivity contribution >= 4 is 0 Å². The zero-order valence-corrected chi connectivity index (χ0v) is 14.5. The maximum Gasteiger partial charge on any atom is -0.0351 e. The van der Waals surface area contributed by atoms with Crippen LogP contribution in [-0.4, -0.2) is 0 Å². The number of hydrogen-bond donors (Lipinski definition) is 0. The van der Waals surface area contributed by atoms with E-state index in [9.17, 15) is 0 Å². The van der Waals surface area contributed by atoms with Gasteiger partial charge in [0.2, 0.25) is 0 Å². The molecular formula is C20H40. The molecule has 0 aliphatic heterocycles. The summed E-state index contributed by atoms with van der Waals surface area (Å²) in [5.74, 6) is 0. The van der Waals surface area contributed by atoms with E-state index in [1.54, 1.807) is 0 Å². The van der Waals surface area contributed by atoms with E-state index in [4.69, 9.17) is 0 Å². The van der Waals surface area contributed by atoms with E-state index >= 15 is 0 Å². The summed E-state index contributed by atoms with van der Waals surface area (Å²) in [6.45, 7) is 4.58. The quantitative estimate of drug-likeness (QED) is 0.200. The molecule has 0 saturated heterocycles. The molecule has 0 bridgehead atoms.